The molecule has 0 N–H and O–H groups in total. The van der Waals surface area contributed by atoms with Crippen molar-refractivity contribution in [1.82, 2.24) is 9.80 Å². The van der Waals surface area contributed by atoms with E-state index in [4.69, 9.17) is 0 Å². The smallest absolute Gasteiger partial charge is 0.261 e. The number of likely N-dealkylation sites (N-methyl/N-ethyl adjacent to an activating group) is 1. The Kier molecular flexibility index (Phi) is 4.75. The Balaban J connectivity index is 1.75. The standard InChI is InChI=1S/C23H24N2O3/c1-3-9-20-19(15-10-5-6-11-16(15)21(26)24(20)4-2)14-25-22(27)17-12-7-8-13-18(17)23(25)28/h5-8,10-13,19-20H,3-4,9,14H2,1-2H3/t19-,20+/m1/s1. The molecule has 0 saturated heterocycles. The number of nitrogens with zero attached hydrogens (tertiary/aromatic N) is 2. The van der Waals surface area contributed by atoms with E-state index in [0.29, 0.717) is 23.2 Å². The van der Waals surface area contributed by atoms with Gasteiger partial charge < -0.3 is 4.90 Å². The third-order valence-electron chi connectivity index (χ3n) is 5.90. The third-order valence-corrected chi connectivity index (χ3v) is 5.90. The highest BCUT2D eigenvalue weighted by Gasteiger charge is 2.43. The molecule has 0 radical (unpaired) electrons. The average molecular weight is 376 g/mol. The first kappa shape index (κ1) is 18.4. The molecule has 0 unspecified atom stereocenters. The molecule has 5 heteroatoms. The number of amides is 3. The van der Waals surface area contributed by atoms with Gasteiger partial charge in [0.1, 0.15) is 0 Å². The third kappa shape index (κ3) is 2.73. The molecule has 28 heavy (non-hydrogen) atoms. The van der Waals surface area contributed by atoms with Crippen molar-refractivity contribution in [1.29, 1.82) is 0 Å². The fraction of sp³-hybridized carbons (Fsp3) is 0.348. The van der Waals surface area contributed by atoms with Crippen LogP contribution in [0.5, 0.6) is 0 Å². The number of imide groups is 1. The van der Waals surface area contributed by atoms with Crippen molar-refractivity contribution in [2.24, 2.45) is 0 Å². The first-order valence-corrected chi connectivity index (χ1v) is 9.93. The molecule has 2 aromatic rings. The van der Waals surface area contributed by atoms with E-state index >= 15 is 0 Å². The molecule has 0 aliphatic carbocycles. The van der Waals surface area contributed by atoms with E-state index in [0.717, 1.165) is 18.4 Å². The highest BCUT2D eigenvalue weighted by molar-refractivity contribution is 6.21. The minimum absolute atomic E-state index is 0.0262. The Hall–Kier alpha value is -2.95. The predicted octanol–water partition coefficient (Wildman–Crippen LogP) is 3.71. The van der Waals surface area contributed by atoms with Crippen LogP contribution in [0.3, 0.4) is 0 Å². The van der Waals surface area contributed by atoms with Crippen molar-refractivity contribution in [2.45, 2.75) is 38.6 Å². The summed E-state index contributed by atoms with van der Waals surface area (Å²) in [6.45, 7) is 4.97. The van der Waals surface area contributed by atoms with Gasteiger partial charge in [-0.25, -0.2) is 0 Å². The molecule has 144 valence electrons. The second kappa shape index (κ2) is 7.23. The van der Waals surface area contributed by atoms with Crippen LogP contribution in [-0.4, -0.2) is 46.7 Å². The largest absolute Gasteiger partial charge is 0.335 e. The molecule has 0 spiro atoms. The fourth-order valence-corrected chi connectivity index (χ4v) is 4.60. The van der Waals surface area contributed by atoms with Crippen molar-refractivity contribution in [2.75, 3.05) is 13.1 Å². The van der Waals surface area contributed by atoms with E-state index in [1.165, 1.54) is 4.90 Å². The zero-order valence-corrected chi connectivity index (χ0v) is 16.2. The molecule has 2 heterocycles. The van der Waals surface area contributed by atoms with Gasteiger partial charge in [0.25, 0.3) is 17.7 Å². The molecule has 4 rings (SSSR count). The molecule has 3 amide bonds. The first-order chi connectivity index (χ1) is 13.6. The monoisotopic (exact) mass is 376 g/mol. The molecular formula is C23H24N2O3. The molecule has 2 aliphatic rings. The van der Waals surface area contributed by atoms with E-state index in [1.54, 1.807) is 24.3 Å². The van der Waals surface area contributed by atoms with E-state index in [1.807, 2.05) is 36.1 Å². The summed E-state index contributed by atoms with van der Waals surface area (Å²) in [4.78, 5) is 42.1. The zero-order chi connectivity index (χ0) is 19.8. The fourth-order valence-electron chi connectivity index (χ4n) is 4.60. The number of fused-ring (bicyclic) bond motifs is 2. The summed E-state index contributed by atoms with van der Waals surface area (Å²) in [5, 5.41) is 0. The molecule has 0 saturated carbocycles. The maximum absolute atomic E-state index is 13.0. The molecule has 0 aromatic heterocycles. The number of benzene rings is 2. The van der Waals surface area contributed by atoms with Crippen LogP contribution in [-0.2, 0) is 0 Å². The number of rotatable bonds is 5. The molecule has 0 fully saturated rings. The molecule has 2 atom stereocenters. The van der Waals surface area contributed by atoms with Crippen molar-refractivity contribution in [3.05, 3.63) is 70.8 Å². The Labute approximate surface area is 164 Å². The van der Waals surface area contributed by atoms with Gasteiger partial charge in [-0.1, -0.05) is 43.7 Å². The number of hydrogen-bond donors (Lipinski definition) is 0. The highest BCUT2D eigenvalue weighted by atomic mass is 16.2. The topological polar surface area (TPSA) is 57.7 Å². The van der Waals surface area contributed by atoms with Crippen LogP contribution in [0.25, 0.3) is 0 Å². The molecule has 0 bridgehead atoms. The van der Waals surface area contributed by atoms with Gasteiger partial charge in [0.15, 0.2) is 0 Å². The van der Waals surface area contributed by atoms with Gasteiger partial charge in [0.2, 0.25) is 0 Å². The lowest BCUT2D eigenvalue weighted by Crippen LogP contribution is -2.51. The number of carbonyl (C=O) groups excluding carboxylic acids is 3. The van der Waals surface area contributed by atoms with Crippen molar-refractivity contribution in [3.63, 3.8) is 0 Å². The van der Waals surface area contributed by atoms with Crippen LogP contribution in [0.1, 0.15) is 69.2 Å². The van der Waals surface area contributed by atoms with E-state index in [-0.39, 0.29) is 36.2 Å². The maximum Gasteiger partial charge on any atom is 0.261 e. The van der Waals surface area contributed by atoms with Gasteiger partial charge in [0, 0.05) is 30.6 Å². The van der Waals surface area contributed by atoms with E-state index < -0.39 is 0 Å². The Morgan fingerprint density at radius 1 is 0.786 bits per heavy atom. The summed E-state index contributed by atoms with van der Waals surface area (Å²) < 4.78 is 0. The average Bonchev–Trinajstić information content (AvgIpc) is 2.96. The minimum Gasteiger partial charge on any atom is -0.335 e. The van der Waals surface area contributed by atoms with Gasteiger partial charge in [-0.15, -0.1) is 0 Å². The summed E-state index contributed by atoms with van der Waals surface area (Å²) in [6.07, 6.45) is 1.76. The Morgan fingerprint density at radius 3 is 1.93 bits per heavy atom. The van der Waals surface area contributed by atoms with Crippen LogP contribution in [0.2, 0.25) is 0 Å². The van der Waals surface area contributed by atoms with Crippen LogP contribution in [0, 0.1) is 0 Å². The summed E-state index contributed by atoms with van der Waals surface area (Å²) in [7, 11) is 0. The zero-order valence-electron chi connectivity index (χ0n) is 16.2. The predicted molar refractivity (Wildman–Crippen MR) is 106 cm³/mol. The number of carbonyl (C=O) groups is 3. The van der Waals surface area contributed by atoms with Crippen LogP contribution in [0.4, 0.5) is 0 Å². The SMILES string of the molecule is CCC[C@H]1[C@H](CN2C(=O)c3ccccc3C2=O)c2ccccc2C(=O)N1CC. The lowest BCUT2D eigenvalue weighted by Gasteiger charge is -2.43. The van der Waals surface area contributed by atoms with E-state index in [9.17, 15) is 14.4 Å². The minimum atomic E-state index is -0.242. The second-order valence-electron chi connectivity index (χ2n) is 7.41. The molecule has 2 aromatic carbocycles. The van der Waals surface area contributed by atoms with Crippen LogP contribution < -0.4 is 0 Å². The molecule has 2 aliphatic heterocycles. The molecule has 5 nitrogen and oxygen atoms in total. The van der Waals surface area contributed by atoms with Gasteiger partial charge in [-0.05, 0) is 37.1 Å². The van der Waals surface area contributed by atoms with Gasteiger partial charge in [-0.3, -0.25) is 19.3 Å². The summed E-state index contributed by atoms with van der Waals surface area (Å²) >= 11 is 0. The molecular weight excluding hydrogens is 352 g/mol. The van der Waals surface area contributed by atoms with Crippen molar-refractivity contribution in [3.8, 4) is 0 Å². The van der Waals surface area contributed by atoms with Gasteiger partial charge in [-0.2, -0.15) is 0 Å². The Morgan fingerprint density at radius 2 is 1.36 bits per heavy atom. The second-order valence-corrected chi connectivity index (χ2v) is 7.41. The van der Waals surface area contributed by atoms with Gasteiger partial charge in [0.05, 0.1) is 11.1 Å². The summed E-state index contributed by atoms with van der Waals surface area (Å²) in [5.74, 6) is -0.535. The van der Waals surface area contributed by atoms with Gasteiger partial charge >= 0.3 is 0 Å². The number of hydrogen-bond acceptors (Lipinski definition) is 3. The van der Waals surface area contributed by atoms with Crippen molar-refractivity contribution < 1.29 is 14.4 Å². The Bertz CT molecular complexity index is 917. The highest BCUT2D eigenvalue weighted by Crippen LogP contribution is 2.37. The lowest BCUT2D eigenvalue weighted by molar-refractivity contribution is 0.0537. The lowest BCUT2D eigenvalue weighted by atomic mass is 9.80. The van der Waals surface area contributed by atoms with E-state index in [2.05, 4.69) is 6.92 Å². The summed E-state index contributed by atoms with van der Waals surface area (Å²) in [6, 6.07) is 14.5. The first-order valence-electron chi connectivity index (χ1n) is 9.93. The maximum atomic E-state index is 13.0. The van der Waals surface area contributed by atoms with Crippen LogP contribution >= 0.6 is 0 Å². The quantitative estimate of drug-likeness (QED) is 0.748. The summed E-state index contributed by atoms with van der Waals surface area (Å²) in [5.41, 5.74) is 2.55. The van der Waals surface area contributed by atoms with Crippen LogP contribution in [0.15, 0.2) is 48.5 Å². The van der Waals surface area contributed by atoms with Crippen molar-refractivity contribution >= 4 is 17.7 Å². The normalized spacial score (nSPS) is 21.1.